The Hall–Kier alpha value is -4.18. The number of nitriles is 1. The SMILES string of the molecule is COc1ccc2[nH]cc(C3CCN(C(=O)c4ccc(COc5ccccc5C#N)o4)CC3)c2c1. The summed E-state index contributed by atoms with van der Waals surface area (Å²) in [5.41, 5.74) is 2.83. The van der Waals surface area contributed by atoms with E-state index >= 15 is 0 Å². The fourth-order valence-electron chi connectivity index (χ4n) is 4.54. The van der Waals surface area contributed by atoms with E-state index < -0.39 is 0 Å². The molecule has 0 atom stereocenters. The van der Waals surface area contributed by atoms with Gasteiger partial charge in [0, 0.05) is 30.2 Å². The van der Waals surface area contributed by atoms with Gasteiger partial charge < -0.3 is 23.8 Å². The molecule has 1 aliphatic rings. The van der Waals surface area contributed by atoms with Gasteiger partial charge in [0.25, 0.3) is 5.91 Å². The predicted molar refractivity (Wildman–Crippen MR) is 127 cm³/mol. The standard InChI is InChI=1S/C27H25N3O4/c1-32-20-6-8-24-22(14-20)23(16-29-24)18-10-12-30(13-11-18)27(31)26-9-7-21(34-26)17-33-25-5-3-2-4-19(25)15-28/h2-9,14,16,18,29H,10-13,17H2,1H3. The summed E-state index contributed by atoms with van der Waals surface area (Å²) in [4.78, 5) is 18.2. The summed E-state index contributed by atoms with van der Waals surface area (Å²) in [7, 11) is 1.68. The van der Waals surface area contributed by atoms with E-state index in [1.165, 1.54) is 10.9 Å². The molecule has 34 heavy (non-hydrogen) atoms. The van der Waals surface area contributed by atoms with Crippen molar-refractivity contribution in [3.8, 4) is 17.6 Å². The number of benzene rings is 2. The number of H-pyrrole nitrogens is 1. The molecular formula is C27H25N3O4. The summed E-state index contributed by atoms with van der Waals surface area (Å²) in [5, 5.41) is 10.4. The maximum Gasteiger partial charge on any atom is 0.289 e. The lowest BCUT2D eigenvalue weighted by molar-refractivity contribution is 0.0677. The molecule has 2 aromatic carbocycles. The van der Waals surface area contributed by atoms with Crippen molar-refractivity contribution in [3.05, 3.63) is 83.4 Å². The van der Waals surface area contributed by atoms with E-state index in [0.717, 1.165) is 24.1 Å². The number of nitrogens with one attached hydrogen (secondary N) is 1. The number of aromatic nitrogens is 1. The normalized spacial score (nSPS) is 14.2. The van der Waals surface area contributed by atoms with Crippen molar-refractivity contribution in [2.45, 2.75) is 25.4 Å². The number of carbonyl (C=O) groups is 1. The molecule has 3 heterocycles. The van der Waals surface area contributed by atoms with Crippen LogP contribution in [-0.4, -0.2) is 36.0 Å². The zero-order valence-electron chi connectivity index (χ0n) is 18.9. The van der Waals surface area contributed by atoms with Crippen LogP contribution in [0.15, 0.2) is 65.2 Å². The van der Waals surface area contributed by atoms with Crippen molar-refractivity contribution in [3.63, 3.8) is 0 Å². The molecule has 0 radical (unpaired) electrons. The second kappa shape index (κ2) is 9.36. The third-order valence-corrected chi connectivity index (χ3v) is 6.39. The number of fused-ring (bicyclic) bond motifs is 1. The quantitative estimate of drug-likeness (QED) is 0.429. The summed E-state index contributed by atoms with van der Waals surface area (Å²) in [6, 6.07) is 18.6. The minimum absolute atomic E-state index is 0.109. The van der Waals surface area contributed by atoms with Crippen LogP contribution in [0.25, 0.3) is 10.9 Å². The number of furan rings is 1. The van der Waals surface area contributed by atoms with E-state index in [1.807, 2.05) is 23.1 Å². The maximum atomic E-state index is 13.0. The number of hydrogen-bond acceptors (Lipinski definition) is 5. The molecule has 1 N–H and O–H groups in total. The van der Waals surface area contributed by atoms with Gasteiger partial charge in [0.15, 0.2) is 5.76 Å². The van der Waals surface area contributed by atoms with Crippen LogP contribution in [-0.2, 0) is 6.61 Å². The van der Waals surface area contributed by atoms with Crippen LogP contribution in [0.4, 0.5) is 0 Å². The Kier molecular flexibility index (Phi) is 5.96. The van der Waals surface area contributed by atoms with E-state index in [9.17, 15) is 10.1 Å². The first-order valence-electron chi connectivity index (χ1n) is 11.3. The highest BCUT2D eigenvalue weighted by Gasteiger charge is 2.27. The minimum Gasteiger partial charge on any atom is -0.497 e. The molecule has 1 fully saturated rings. The molecule has 0 saturated carbocycles. The number of aromatic amines is 1. The van der Waals surface area contributed by atoms with Crippen LogP contribution in [0.5, 0.6) is 11.5 Å². The van der Waals surface area contributed by atoms with E-state index in [1.54, 1.807) is 37.4 Å². The summed E-state index contributed by atoms with van der Waals surface area (Å²) in [5.74, 6) is 2.45. The van der Waals surface area contributed by atoms with Gasteiger partial charge in [0.05, 0.1) is 12.7 Å². The molecule has 7 nitrogen and oxygen atoms in total. The van der Waals surface area contributed by atoms with Gasteiger partial charge in [0.2, 0.25) is 0 Å². The Bertz CT molecular complexity index is 1360. The number of ether oxygens (including phenoxy) is 2. The molecule has 2 aromatic heterocycles. The summed E-state index contributed by atoms with van der Waals surface area (Å²) in [6.07, 6.45) is 3.85. The topological polar surface area (TPSA) is 91.5 Å². The first-order chi connectivity index (χ1) is 16.7. The number of carbonyl (C=O) groups excluding carboxylic acids is 1. The lowest BCUT2D eigenvalue weighted by atomic mass is 9.89. The summed E-state index contributed by atoms with van der Waals surface area (Å²) in [6.45, 7) is 1.49. The van der Waals surface area contributed by atoms with Gasteiger partial charge in [-0.2, -0.15) is 5.26 Å². The van der Waals surface area contributed by atoms with Gasteiger partial charge in [-0.25, -0.2) is 0 Å². The van der Waals surface area contributed by atoms with Crippen molar-refractivity contribution in [1.82, 2.24) is 9.88 Å². The van der Waals surface area contributed by atoms with Crippen molar-refractivity contribution < 1.29 is 18.7 Å². The maximum absolute atomic E-state index is 13.0. The third kappa shape index (κ3) is 4.23. The fourth-order valence-corrected chi connectivity index (χ4v) is 4.54. The predicted octanol–water partition coefficient (Wildman–Crippen LogP) is 5.24. The summed E-state index contributed by atoms with van der Waals surface area (Å²) < 4.78 is 16.9. The molecule has 0 spiro atoms. The molecule has 0 bridgehead atoms. The fraction of sp³-hybridized carbons (Fsp3) is 0.259. The Morgan fingerprint density at radius 1 is 1.18 bits per heavy atom. The van der Waals surface area contributed by atoms with Crippen LogP contribution < -0.4 is 9.47 Å². The van der Waals surface area contributed by atoms with E-state index in [-0.39, 0.29) is 12.5 Å². The van der Waals surface area contributed by atoms with Gasteiger partial charge in [0.1, 0.15) is 29.9 Å². The largest absolute Gasteiger partial charge is 0.497 e. The molecule has 172 valence electrons. The number of likely N-dealkylation sites (tertiary alicyclic amines) is 1. The van der Waals surface area contributed by atoms with Gasteiger partial charge in [-0.05, 0) is 66.8 Å². The van der Waals surface area contributed by atoms with Gasteiger partial charge in [-0.1, -0.05) is 12.1 Å². The number of para-hydroxylation sites is 1. The molecular weight excluding hydrogens is 430 g/mol. The van der Waals surface area contributed by atoms with Crippen molar-refractivity contribution in [2.75, 3.05) is 20.2 Å². The third-order valence-electron chi connectivity index (χ3n) is 6.39. The molecule has 1 amide bonds. The first-order valence-corrected chi connectivity index (χ1v) is 11.3. The molecule has 0 aliphatic carbocycles. The van der Waals surface area contributed by atoms with Crippen LogP contribution in [0.1, 0.15) is 46.2 Å². The number of nitrogens with zero attached hydrogens (tertiary/aromatic N) is 2. The van der Waals surface area contributed by atoms with Crippen LogP contribution in [0.3, 0.4) is 0 Å². The van der Waals surface area contributed by atoms with Gasteiger partial charge in [-0.3, -0.25) is 4.79 Å². The minimum atomic E-state index is -0.109. The van der Waals surface area contributed by atoms with E-state index in [4.69, 9.17) is 13.9 Å². The van der Waals surface area contributed by atoms with Gasteiger partial charge >= 0.3 is 0 Å². The number of rotatable bonds is 6. The van der Waals surface area contributed by atoms with Crippen LogP contribution in [0.2, 0.25) is 0 Å². The molecule has 0 unspecified atom stereocenters. The van der Waals surface area contributed by atoms with Crippen molar-refractivity contribution >= 4 is 16.8 Å². The monoisotopic (exact) mass is 455 g/mol. The number of hydrogen-bond donors (Lipinski definition) is 1. The Morgan fingerprint density at radius 3 is 2.79 bits per heavy atom. The molecule has 5 rings (SSSR count). The average molecular weight is 456 g/mol. The highest BCUT2D eigenvalue weighted by Crippen LogP contribution is 2.35. The lowest BCUT2D eigenvalue weighted by Gasteiger charge is -2.31. The zero-order chi connectivity index (χ0) is 23.5. The molecule has 4 aromatic rings. The van der Waals surface area contributed by atoms with Crippen molar-refractivity contribution in [1.29, 1.82) is 5.26 Å². The van der Waals surface area contributed by atoms with E-state index in [2.05, 4.69) is 23.3 Å². The highest BCUT2D eigenvalue weighted by molar-refractivity contribution is 5.91. The first kappa shape index (κ1) is 21.7. The lowest BCUT2D eigenvalue weighted by Crippen LogP contribution is -2.37. The smallest absolute Gasteiger partial charge is 0.289 e. The van der Waals surface area contributed by atoms with Gasteiger partial charge in [-0.15, -0.1) is 0 Å². The van der Waals surface area contributed by atoms with Crippen molar-refractivity contribution in [2.24, 2.45) is 0 Å². The zero-order valence-corrected chi connectivity index (χ0v) is 18.9. The Balaban J connectivity index is 1.20. The van der Waals surface area contributed by atoms with Crippen LogP contribution in [0, 0.1) is 11.3 Å². The van der Waals surface area contributed by atoms with E-state index in [0.29, 0.717) is 41.8 Å². The highest BCUT2D eigenvalue weighted by atomic mass is 16.5. The number of amides is 1. The number of methoxy groups -OCH3 is 1. The summed E-state index contributed by atoms with van der Waals surface area (Å²) >= 11 is 0. The number of piperidine rings is 1. The second-order valence-corrected chi connectivity index (χ2v) is 8.38. The second-order valence-electron chi connectivity index (χ2n) is 8.38. The molecule has 1 aliphatic heterocycles. The Labute approximate surface area is 197 Å². The molecule has 7 heteroatoms. The van der Waals surface area contributed by atoms with Crippen LogP contribution >= 0.6 is 0 Å². The average Bonchev–Trinajstić information content (AvgIpc) is 3.54. The Morgan fingerprint density at radius 2 is 2.00 bits per heavy atom. The molecule has 1 saturated heterocycles.